The molecule has 110 valence electrons. The van der Waals surface area contributed by atoms with Crippen LogP contribution in [0.4, 0.5) is 15.8 Å². The zero-order valence-corrected chi connectivity index (χ0v) is 11.3. The number of anilines is 1. The second-order valence-corrected chi connectivity index (χ2v) is 5.03. The van der Waals surface area contributed by atoms with Crippen LogP contribution in [0.15, 0.2) is 18.2 Å². The number of nitro benzene ring substituents is 1. The van der Waals surface area contributed by atoms with E-state index in [-0.39, 0.29) is 11.8 Å². The monoisotopic (exact) mass is 283 g/mol. The SMILES string of the molecule is CC(O)CN1CCN(c2ccc([N+](=O)[O-])cc2F)CC1. The molecule has 1 aromatic carbocycles. The Bertz CT molecular complexity index is 488. The number of benzene rings is 1. The van der Waals surface area contributed by atoms with Crippen LogP contribution in [0.5, 0.6) is 0 Å². The molecule has 1 aromatic rings. The Morgan fingerprint density at radius 2 is 2.05 bits per heavy atom. The van der Waals surface area contributed by atoms with Gasteiger partial charge in [0.1, 0.15) is 0 Å². The van der Waals surface area contributed by atoms with Gasteiger partial charge in [0.05, 0.1) is 22.8 Å². The Labute approximate surface area is 116 Å². The molecule has 7 heteroatoms. The zero-order chi connectivity index (χ0) is 14.7. The number of piperazine rings is 1. The van der Waals surface area contributed by atoms with Crippen molar-refractivity contribution in [3.8, 4) is 0 Å². The largest absolute Gasteiger partial charge is 0.392 e. The molecule has 1 unspecified atom stereocenters. The number of nitro groups is 1. The number of aliphatic hydroxyl groups excluding tert-OH is 1. The zero-order valence-electron chi connectivity index (χ0n) is 11.3. The summed E-state index contributed by atoms with van der Waals surface area (Å²) in [7, 11) is 0. The van der Waals surface area contributed by atoms with Gasteiger partial charge in [0.2, 0.25) is 0 Å². The van der Waals surface area contributed by atoms with Crippen molar-refractivity contribution in [2.45, 2.75) is 13.0 Å². The van der Waals surface area contributed by atoms with E-state index in [9.17, 15) is 19.6 Å². The van der Waals surface area contributed by atoms with Crippen molar-refractivity contribution in [3.63, 3.8) is 0 Å². The van der Waals surface area contributed by atoms with Gasteiger partial charge < -0.3 is 10.0 Å². The number of β-amino-alcohol motifs (C(OH)–C–C–N with tert-alkyl or cyclic N) is 1. The molecular formula is C13H18FN3O3. The molecule has 0 spiro atoms. The molecule has 0 bridgehead atoms. The summed E-state index contributed by atoms with van der Waals surface area (Å²) in [6, 6.07) is 3.73. The molecule has 1 aliphatic rings. The minimum Gasteiger partial charge on any atom is -0.392 e. The predicted octanol–water partition coefficient (Wildman–Crippen LogP) is 1.24. The van der Waals surface area contributed by atoms with E-state index in [2.05, 4.69) is 4.90 Å². The molecule has 2 rings (SSSR count). The van der Waals surface area contributed by atoms with Gasteiger partial charge in [-0.2, -0.15) is 0 Å². The van der Waals surface area contributed by atoms with Crippen LogP contribution in [0.25, 0.3) is 0 Å². The summed E-state index contributed by atoms with van der Waals surface area (Å²) < 4.78 is 13.9. The second-order valence-electron chi connectivity index (χ2n) is 5.03. The van der Waals surface area contributed by atoms with Crippen LogP contribution < -0.4 is 4.90 Å². The summed E-state index contributed by atoms with van der Waals surface area (Å²) in [4.78, 5) is 14.0. The van der Waals surface area contributed by atoms with Gasteiger partial charge in [-0.1, -0.05) is 0 Å². The Balaban J connectivity index is 2.02. The first-order chi connectivity index (χ1) is 9.47. The number of hydrogen-bond acceptors (Lipinski definition) is 5. The van der Waals surface area contributed by atoms with Crippen molar-refractivity contribution in [1.82, 2.24) is 4.90 Å². The van der Waals surface area contributed by atoms with Crippen LogP contribution in [-0.4, -0.2) is 53.8 Å². The third kappa shape index (κ3) is 3.43. The maximum Gasteiger partial charge on any atom is 0.272 e. The van der Waals surface area contributed by atoms with Crippen LogP contribution >= 0.6 is 0 Å². The standard InChI is InChI=1S/C13H18FN3O3/c1-10(18)9-15-4-6-16(7-5-15)13-3-2-11(17(19)20)8-12(13)14/h2-3,8,10,18H,4-7,9H2,1H3. The molecule has 1 heterocycles. The number of halogens is 1. The quantitative estimate of drug-likeness (QED) is 0.665. The normalized spacial score (nSPS) is 18.1. The molecule has 0 aromatic heterocycles. The fraction of sp³-hybridized carbons (Fsp3) is 0.538. The average molecular weight is 283 g/mol. The molecule has 0 radical (unpaired) electrons. The van der Waals surface area contributed by atoms with Crippen molar-refractivity contribution in [1.29, 1.82) is 0 Å². The number of nitrogens with zero attached hydrogens (tertiary/aromatic N) is 3. The highest BCUT2D eigenvalue weighted by Crippen LogP contribution is 2.24. The smallest absolute Gasteiger partial charge is 0.272 e. The van der Waals surface area contributed by atoms with Crippen LogP contribution in [0.1, 0.15) is 6.92 Å². The molecule has 1 fully saturated rings. The molecule has 20 heavy (non-hydrogen) atoms. The number of non-ortho nitro benzene ring substituents is 1. The van der Waals surface area contributed by atoms with Gasteiger partial charge in [-0.15, -0.1) is 0 Å². The third-order valence-corrected chi connectivity index (χ3v) is 3.38. The van der Waals surface area contributed by atoms with Crippen molar-refractivity contribution in [2.24, 2.45) is 0 Å². The fourth-order valence-electron chi connectivity index (χ4n) is 2.41. The number of rotatable bonds is 4. The van der Waals surface area contributed by atoms with E-state index in [1.165, 1.54) is 12.1 Å². The van der Waals surface area contributed by atoms with Crippen LogP contribution in [0.2, 0.25) is 0 Å². The number of hydrogen-bond donors (Lipinski definition) is 1. The summed E-state index contributed by atoms with van der Waals surface area (Å²) in [5.41, 5.74) is 0.159. The lowest BCUT2D eigenvalue weighted by atomic mass is 10.2. The topological polar surface area (TPSA) is 69.8 Å². The lowest BCUT2D eigenvalue weighted by Gasteiger charge is -2.36. The molecule has 1 aliphatic heterocycles. The predicted molar refractivity (Wildman–Crippen MR) is 73.4 cm³/mol. The first kappa shape index (κ1) is 14.7. The summed E-state index contributed by atoms with van der Waals surface area (Å²) in [5.74, 6) is -0.567. The van der Waals surface area contributed by atoms with Crippen molar-refractivity contribution in [2.75, 3.05) is 37.6 Å². The van der Waals surface area contributed by atoms with Crippen molar-refractivity contribution in [3.05, 3.63) is 34.1 Å². The van der Waals surface area contributed by atoms with E-state index in [4.69, 9.17) is 0 Å². The average Bonchev–Trinajstić information content (AvgIpc) is 2.39. The summed E-state index contributed by atoms with van der Waals surface area (Å²) in [6.07, 6.45) is -0.377. The Kier molecular flexibility index (Phi) is 4.51. The molecule has 1 N–H and O–H groups in total. The van der Waals surface area contributed by atoms with Crippen molar-refractivity contribution >= 4 is 11.4 Å². The van der Waals surface area contributed by atoms with E-state index in [1.807, 2.05) is 4.90 Å². The minimum absolute atomic E-state index is 0.237. The highest BCUT2D eigenvalue weighted by atomic mass is 19.1. The lowest BCUT2D eigenvalue weighted by molar-refractivity contribution is -0.385. The molecule has 0 saturated carbocycles. The van der Waals surface area contributed by atoms with Crippen LogP contribution in [-0.2, 0) is 0 Å². The van der Waals surface area contributed by atoms with Gasteiger partial charge >= 0.3 is 0 Å². The van der Waals surface area contributed by atoms with E-state index in [0.29, 0.717) is 25.3 Å². The molecule has 6 nitrogen and oxygen atoms in total. The maximum atomic E-state index is 13.9. The van der Waals surface area contributed by atoms with E-state index in [0.717, 1.165) is 19.2 Å². The Hall–Kier alpha value is -1.73. The van der Waals surface area contributed by atoms with Crippen molar-refractivity contribution < 1.29 is 14.4 Å². The molecule has 0 amide bonds. The van der Waals surface area contributed by atoms with Gasteiger partial charge in [-0.3, -0.25) is 15.0 Å². The summed E-state index contributed by atoms with van der Waals surface area (Å²) in [5, 5.41) is 19.9. The second kappa shape index (κ2) is 6.15. The molecular weight excluding hydrogens is 265 g/mol. The third-order valence-electron chi connectivity index (χ3n) is 3.38. The highest BCUT2D eigenvalue weighted by molar-refractivity contribution is 5.52. The molecule has 1 saturated heterocycles. The lowest BCUT2D eigenvalue weighted by Crippen LogP contribution is -2.48. The van der Waals surface area contributed by atoms with Gasteiger partial charge in [-0.05, 0) is 13.0 Å². The van der Waals surface area contributed by atoms with E-state index in [1.54, 1.807) is 6.92 Å². The summed E-state index contributed by atoms with van der Waals surface area (Å²) in [6.45, 7) is 5.10. The Morgan fingerprint density at radius 3 is 2.55 bits per heavy atom. The number of aliphatic hydroxyl groups is 1. The fourth-order valence-corrected chi connectivity index (χ4v) is 2.41. The van der Waals surface area contributed by atoms with Gasteiger partial charge in [0, 0.05) is 38.8 Å². The Morgan fingerprint density at radius 1 is 1.40 bits per heavy atom. The van der Waals surface area contributed by atoms with Crippen LogP contribution in [0.3, 0.4) is 0 Å². The van der Waals surface area contributed by atoms with E-state index < -0.39 is 10.7 Å². The van der Waals surface area contributed by atoms with Gasteiger partial charge in [-0.25, -0.2) is 4.39 Å². The first-order valence-electron chi connectivity index (χ1n) is 6.56. The van der Waals surface area contributed by atoms with Gasteiger partial charge in [0.15, 0.2) is 5.82 Å². The molecule has 0 aliphatic carbocycles. The molecule has 1 atom stereocenters. The highest BCUT2D eigenvalue weighted by Gasteiger charge is 2.21. The van der Waals surface area contributed by atoms with Crippen LogP contribution in [0, 0.1) is 15.9 Å². The van der Waals surface area contributed by atoms with E-state index >= 15 is 0 Å². The maximum absolute atomic E-state index is 13.9. The summed E-state index contributed by atoms with van der Waals surface area (Å²) >= 11 is 0. The van der Waals surface area contributed by atoms with Gasteiger partial charge in [0.25, 0.3) is 5.69 Å². The first-order valence-corrected chi connectivity index (χ1v) is 6.56. The minimum atomic E-state index is -0.604.